The topological polar surface area (TPSA) is 72.0 Å². The van der Waals surface area contributed by atoms with Crippen LogP contribution in [0.5, 0.6) is 11.5 Å². The van der Waals surface area contributed by atoms with Crippen molar-refractivity contribution in [3.8, 4) is 11.5 Å². The Hall–Kier alpha value is -2.24. The Morgan fingerprint density at radius 2 is 2.11 bits per heavy atom. The summed E-state index contributed by atoms with van der Waals surface area (Å²) in [5.41, 5.74) is 0.836. The summed E-state index contributed by atoms with van der Waals surface area (Å²) in [6.45, 7) is 3.62. The first-order valence-electron chi connectivity index (χ1n) is 6.29. The highest BCUT2D eigenvalue weighted by Gasteiger charge is 2.30. The second-order valence-electron chi connectivity index (χ2n) is 4.29. The number of carbonyl (C=O) groups excluding carboxylic acids is 1. The maximum absolute atomic E-state index is 11.9. The third kappa shape index (κ3) is 2.21. The summed E-state index contributed by atoms with van der Waals surface area (Å²) >= 11 is 0. The van der Waals surface area contributed by atoms with Gasteiger partial charge in [0.2, 0.25) is 0 Å². The highest BCUT2D eigenvalue weighted by Crippen LogP contribution is 2.33. The Kier molecular flexibility index (Phi) is 2.98. The van der Waals surface area contributed by atoms with Gasteiger partial charge in [-0.25, -0.2) is 0 Å². The molecule has 2 N–H and O–H groups in total. The molecule has 0 aromatic heterocycles. The summed E-state index contributed by atoms with van der Waals surface area (Å²) in [6, 6.07) is 5.09. The molecule has 1 fully saturated rings. The lowest BCUT2D eigenvalue weighted by Crippen LogP contribution is -2.25. The lowest BCUT2D eigenvalue weighted by atomic mass is 10.1. The predicted octanol–water partition coefficient (Wildman–Crippen LogP) is 0.594. The van der Waals surface area contributed by atoms with Crippen molar-refractivity contribution >= 4 is 11.9 Å². The summed E-state index contributed by atoms with van der Waals surface area (Å²) in [5.74, 6) is 1.81. The highest BCUT2D eigenvalue weighted by molar-refractivity contribution is 6.06. The minimum absolute atomic E-state index is 0.108. The maximum atomic E-state index is 11.9. The molecule has 6 nitrogen and oxygen atoms in total. The quantitative estimate of drug-likeness (QED) is 0.817. The molecule has 2 aliphatic heterocycles. The van der Waals surface area contributed by atoms with E-state index in [0.29, 0.717) is 31.5 Å². The van der Waals surface area contributed by atoms with Crippen molar-refractivity contribution in [3.05, 3.63) is 23.8 Å². The fourth-order valence-electron chi connectivity index (χ4n) is 2.14. The summed E-state index contributed by atoms with van der Waals surface area (Å²) in [7, 11) is 0. The number of aliphatic imine (C=N–C) groups is 1. The standard InChI is InChI=1S/C13H15N3O3/c1-2-14-13-15-11(12(17)16-13)8-3-4-9-10(7-8)19-6-5-18-9/h3-4,7,11H,2,5-6H2,1H3,(H2,14,15,16,17). The van der Waals surface area contributed by atoms with E-state index in [9.17, 15) is 4.79 Å². The Labute approximate surface area is 110 Å². The normalized spacial score (nSPS) is 23.1. The third-order valence-electron chi connectivity index (χ3n) is 3.00. The number of fused-ring (bicyclic) bond motifs is 1. The van der Waals surface area contributed by atoms with Crippen LogP contribution in [-0.2, 0) is 4.79 Å². The van der Waals surface area contributed by atoms with Gasteiger partial charge >= 0.3 is 0 Å². The smallest absolute Gasteiger partial charge is 0.253 e. The lowest BCUT2D eigenvalue weighted by Gasteiger charge is -2.19. The summed E-state index contributed by atoms with van der Waals surface area (Å²) < 4.78 is 11.0. The van der Waals surface area contributed by atoms with Crippen LogP contribution in [0, 0.1) is 0 Å². The molecule has 6 heteroatoms. The molecule has 1 unspecified atom stereocenters. The largest absolute Gasteiger partial charge is 0.486 e. The second kappa shape index (κ2) is 4.79. The van der Waals surface area contributed by atoms with Crippen LogP contribution in [-0.4, -0.2) is 31.6 Å². The zero-order valence-electron chi connectivity index (χ0n) is 10.6. The van der Waals surface area contributed by atoms with E-state index in [2.05, 4.69) is 15.6 Å². The minimum atomic E-state index is -0.430. The van der Waals surface area contributed by atoms with E-state index in [0.717, 1.165) is 11.3 Å². The van der Waals surface area contributed by atoms with Gasteiger partial charge in [-0.2, -0.15) is 0 Å². The number of hydrogen-bond donors (Lipinski definition) is 2. The van der Waals surface area contributed by atoms with Crippen molar-refractivity contribution in [2.45, 2.75) is 13.0 Å². The molecule has 1 saturated heterocycles. The third-order valence-corrected chi connectivity index (χ3v) is 3.00. The van der Waals surface area contributed by atoms with E-state index in [4.69, 9.17) is 9.47 Å². The lowest BCUT2D eigenvalue weighted by molar-refractivity contribution is -0.120. The van der Waals surface area contributed by atoms with Crippen molar-refractivity contribution in [1.82, 2.24) is 10.6 Å². The van der Waals surface area contributed by atoms with E-state index < -0.39 is 6.04 Å². The number of carbonyl (C=O) groups is 1. The Morgan fingerprint density at radius 1 is 1.32 bits per heavy atom. The first-order valence-corrected chi connectivity index (χ1v) is 6.29. The van der Waals surface area contributed by atoms with Crippen molar-refractivity contribution in [3.63, 3.8) is 0 Å². The van der Waals surface area contributed by atoms with Gasteiger partial charge in [-0.3, -0.25) is 15.1 Å². The summed E-state index contributed by atoms with van der Waals surface area (Å²) in [6.07, 6.45) is 0. The molecule has 19 heavy (non-hydrogen) atoms. The molecule has 0 radical (unpaired) electrons. The predicted molar refractivity (Wildman–Crippen MR) is 69.4 cm³/mol. The van der Waals surface area contributed by atoms with Gasteiger partial charge in [0.05, 0.1) is 0 Å². The molecule has 0 aliphatic carbocycles. The van der Waals surface area contributed by atoms with Crippen LogP contribution in [0.15, 0.2) is 23.2 Å². The molecule has 3 rings (SSSR count). The van der Waals surface area contributed by atoms with Crippen LogP contribution in [0.4, 0.5) is 0 Å². The molecule has 0 saturated carbocycles. The monoisotopic (exact) mass is 261 g/mol. The van der Waals surface area contributed by atoms with Crippen molar-refractivity contribution < 1.29 is 14.3 Å². The zero-order valence-corrected chi connectivity index (χ0v) is 10.6. The average molecular weight is 261 g/mol. The van der Waals surface area contributed by atoms with E-state index >= 15 is 0 Å². The van der Waals surface area contributed by atoms with Gasteiger partial charge in [-0.1, -0.05) is 6.07 Å². The molecule has 1 aromatic carbocycles. The van der Waals surface area contributed by atoms with Crippen LogP contribution in [0.1, 0.15) is 18.5 Å². The fraction of sp³-hybridized carbons (Fsp3) is 0.385. The maximum Gasteiger partial charge on any atom is 0.253 e. The number of ether oxygens (including phenoxy) is 2. The molecule has 1 aromatic rings. The summed E-state index contributed by atoms with van der Waals surface area (Å²) in [4.78, 5) is 16.1. The van der Waals surface area contributed by atoms with Gasteiger partial charge < -0.3 is 14.8 Å². The Balaban J connectivity index is 1.86. The molecule has 0 spiro atoms. The number of rotatable bonds is 2. The van der Waals surface area contributed by atoms with Crippen LogP contribution in [0.2, 0.25) is 0 Å². The fourth-order valence-corrected chi connectivity index (χ4v) is 2.14. The second-order valence-corrected chi connectivity index (χ2v) is 4.29. The Bertz CT molecular complexity index is 542. The Morgan fingerprint density at radius 3 is 2.89 bits per heavy atom. The molecular weight excluding hydrogens is 246 g/mol. The number of amides is 1. The molecule has 1 amide bonds. The number of guanidine groups is 1. The zero-order chi connectivity index (χ0) is 13.2. The van der Waals surface area contributed by atoms with Crippen molar-refractivity contribution in [2.75, 3.05) is 19.8 Å². The van der Waals surface area contributed by atoms with E-state index in [1.165, 1.54) is 0 Å². The van der Waals surface area contributed by atoms with Crippen molar-refractivity contribution in [1.29, 1.82) is 0 Å². The molecule has 1 atom stereocenters. The van der Waals surface area contributed by atoms with Crippen LogP contribution in [0.3, 0.4) is 0 Å². The van der Waals surface area contributed by atoms with Gasteiger partial charge in [0.1, 0.15) is 19.3 Å². The molecular formula is C13H15N3O3. The highest BCUT2D eigenvalue weighted by atomic mass is 16.6. The molecule has 2 aliphatic rings. The first kappa shape index (κ1) is 11.8. The molecule has 100 valence electrons. The SMILES string of the molecule is CCN=C1NC(=O)C(c2ccc3c(c2)OCCO3)N1. The van der Waals surface area contributed by atoms with Gasteiger partial charge in [-0.15, -0.1) is 0 Å². The number of nitrogens with one attached hydrogen (secondary N) is 2. The number of nitrogens with zero attached hydrogens (tertiary/aromatic N) is 1. The van der Waals surface area contributed by atoms with Gasteiger partial charge in [0.25, 0.3) is 5.91 Å². The van der Waals surface area contributed by atoms with Gasteiger partial charge in [0.15, 0.2) is 17.5 Å². The minimum Gasteiger partial charge on any atom is -0.486 e. The van der Waals surface area contributed by atoms with E-state index in [-0.39, 0.29) is 5.91 Å². The van der Waals surface area contributed by atoms with Crippen LogP contribution in [0.25, 0.3) is 0 Å². The van der Waals surface area contributed by atoms with Crippen molar-refractivity contribution in [2.24, 2.45) is 4.99 Å². The number of benzene rings is 1. The number of hydrogen-bond acceptors (Lipinski definition) is 4. The van der Waals surface area contributed by atoms with E-state index in [1.807, 2.05) is 25.1 Å². The van der Waals surface area contributed by atoms with E-state index in [1.54, 1.807) is 0 Å². The summed E-state index contributed by atoms with van der Waals surface area (Å²) in [5, 5.41) is 5.77. The van der Waals surface area contributed by atoms with Gasteiger partial charge in [-0.05, 0) is 24.6 Å². The van der Waals surface area contributed by atoms with Crippen LogP contribution >= 0.6 is 0 Å². The van der Waals surface area contributed by atoms with Crippen LogP contribution < -0.4 is 20.1 Å². The first-order chi connectivity index (χ1) is 9.28. The molecule has 2 heterocycles. The van der Waals surface area contributed by atoms with Gasteiger partial charge in [0, 0.05) is 6.54 Å². The average Bonchev–Trinajstić information content (AvgIpc) is 2.79. The molecule has 0 bridgehead atoms.